The standard InChI is InChI=1S/C10H13BO3/c1-14-10-5-3-2-4-7(10)8-6-9(8)11(12)13/h2-5,8-9,12-13H,6H2,1H3. The number of para-hydroxylation sites is 1. The molecule has 0 saturated heterocycles. The Kier molecular flexibility index (Phi) is 2.48. The molecule has 2 N–H and O–H groups in total. The molecule has 1 aromatic rings. The summed E-state index contributed by atoms with van der Waals surface area (Å²) in [6.07, 6.45) is 0.831. The second-order valence-electron chi connectivity index (χ2n) is 3.66. The van der Waals surface area contributed by atoms with Gasteiger partial charge in [-0.15, -0.1) is 0 Å². The van der Waals surface area contributed by atoms with Crippen molar-refractivity contribution >= 4 is 7.12 Å². The number of methoxy groups -OCH3 is 1. The number of rotatable bonds is 3. The summed E-state index contributed by atoms with van der Waals surface area (Å²) in [5.74, 6) is 1.05. The van der Waals surface area contributed by atoms with E-state index in [4.69, 9.17) is 14.8 Å². The van der Waals surface area contributed by atoms with Gasteiger partial charge in [-0.3, -0.25) is 0 Å². The third kappa shape index (κ3) is 1.63. The molecule has 1 aliphatic rings. The van der Waals surface area contributed by atoms with Crippen LogP contribution in [0.1, 0.15) is 17.9 Å². The minimum Gasteiger partial charge on any atom is -0.496 e. The molecule has 1 aliphatic carbocycles. The van der Waals surface area contributed by atoms with E-state index in [9.17, 15) is 0 Å². The second-order valence-corrected chi connectivity index (χ2v) is 3.66. The van der Waals surface area contributed by atoms with Crippen molar-refractivity contribution < 1.29 is 14.8 Å². The molecule has 0 aliphatic heterocycles. The molecule has 4 heteroatoms. The Morgan fingerprint density at radius 2 is 2.07 bits per heavy atom. The summed E-state index contributed by atoms with van der Waals surface area (Å²) in [7, 11) is 0.427. The average molecular weight is 192 g/mol. The molecule has 74 valence electrons. The maximum atomic E-state index is 9.00. The van der Waals surface area contributed by atoms with E-state index < -0.39 is 7.12 Å². The molecule has 1 aromatic carbocycles. The SMILES string of the molecule is COc1ccccc1C1CC1B(O)O. The van der Waals surface area contributed by atoms with Crippen molar-refractivity contribution in [1.82, 2.24) is 0 Å². The van der Waals surface area contributed by atoms with Gasteiger partial charge in [-0.1, -0.05) is 18.2 Å². The van der Waals surface area contributed by atoms with Gasteiger partial charge in [0, 0.05) is 5.82 Å². The van der Waals surface area contributed by atoms with Gasteiger partial charge in [-0.2, -0.15) is 0 Å². The lowest BCUT2D eigenvalue weighted by Crippen LogP contribution is -2.11. The van der Waals surface area contributed by atoms with E-state index in [1.54, 1.807) is 7.11 Å². The number of hydrogen-bond acceptors (Lipinski definition) is 3. The van der Waals surface area contributed by atoms with Crippen molar-refractivity contribution in [3.05, 3.63) is 29.8 Å². The summed E-state index contributed by atoms with van der Waals surface area (Å²) in [4.78, 5) is 0. The Labute approximate surface area is 83.5 Å². The summed E-state index contributed by atoms with van der Waals surface area (Å²) in [6.45, 7) is 0. The van der Waals surface area contributed by atoms with Gasteiger partial charge in [-0.25, -0.2) is 0 Å². The van der Waals surface area contributed by atoms with Crippen LogP contribution in [0.25, 0.3) is 0 Å². The van der Waals surface area contributed by atoms with Crippen molar-refractivity contribution in [2.45, 2.75) is 18.2 Å². The quantitative estimate of drug-likeness (QED) is 0.703. The van der Waals surface area contributed by atoms with Crippen LogP contribution in [0.5, 0.6) is 5.75 Å². The maximum Gasteiger partial charge on any atom is 0.455 e. The van der Waals surface area contributed by atoms with Gasteiger partial charge in [0.15, 0.2) is 0 Å². The minimum atomic E-state index is -1.20. The zero-order valence-electron chi connectivity index (χ0n) is 8.05. The van der Waals surface area contributed by atoms with Crippen LogP contribution in [0, 0.1) is 0 Å². The van der Waals surface area contributed by atoms with E-state index in [0.29, 0.717) is 0 Å². The fourth-order valence-corrected chi connectivity index (χ4v) is 1.87. The summed E-state index contributed by atoms with van der Waals surface area (Å²) in [5, 5.41) is 18.0. The average Bonchev–Trinajstić information content (AvgIpc) is 2.97. The summed E-state index contributed by atoms with van der Waals surface area (Å²) < 4.78 is 5.21. The number of ether oxygens (including phenoxy) is 1. The maximum absolute atomic E-state index is 9.00. The molecule has 2 unspecified atom stereocenters. The van der Waals surface area contributed by atoms with E-state index in [2.05, 4.69) is 0 Å². The topological polar surface area (TPSA) is 49.7 Å². The first-order chi connectivity index (χ1) is 6.74. The Bertz CT molecular complexity index is 327. The van der Waals surface area contributed by atoms with Crippen molar-refractivity contribution in [2.24, 2.45) is 0 Å². The summed E-state index contributed by atoms with van der Waals surface area (Å²) in [6, 6.07) is 7.73. The molecule has 0 aromatic heterocycles. The minimum absolute atomic E-state index is 0.0219. The lowest BCUT2D eigenvalue weighted by molar-refractivity contribution is 0.399. The van der Waals surface area contributed by atoms with E-state index in [-0.39, 0.29) is 11.7 Å². The highest BCUT2D eigenvalue weighted by atomic mass is 16.5. The van der Waals surface area contributed by atoms with Crippen LogP contribution in [-0.2, 0) is 0 Å². The highest BCUT2D eigenvalue weighted by Crippen LogP contribution is 2.55. The highest BCUT2D eigenvalue weighted by Gasteiger charge is 2.47. The van der Waals surface area contributed by atoms with Gasteiger partial charge < -0.3 is 14.8 Å². The Balaban J connectivity index is 2.18. The Morgan fingerprint density at radius 1 is 1.36 bits per heavy atom. The summed E-state index contributed by atoms with van der Waals surface area (Å²) >= 11 is 0. The van der Waals surface area contributed by atoms with Crippen LogP contribution >= 0.6 is 0 Å². The van der Waals surface area contributed by atoms with Crippen LogP contribution in [-0.4, -0.2) is 24.3 Å². The first-order valence-corrected chi connectivity index (χ1v) is 4.73. The van der Waals surface area contributed by atoms with Gasteiger partial charge in [0.25, 0.3) is 0 Å². The molecule has 2 rings (SSSR count). The molecule has 2 atom stereocenters. The molecule has 1 saturated carbocycles. The van der Waals surface area contributed by atoms with E-state index in [0.717, 1.165) is 17.7 Å². The monoisotopic (exact) mass is 192 g/mol. The third-order valence-electron chi connectivity index (χ3n) is 2.76. The van der Waals surface area contributed by atoms with E-state index in [1.807, 2.05) is 24.3 Å². The van der Waals surface area contributed by atoms with Gasteiger partial charge in [0.2, 0.25) is 0 Å². The molecular formula is C10H13BO3. The van der Waals surface area contributed by atoms with Crippen molar-refractivity contribution in [3.8, 4) is 5.75 Å². The Hall–Kier alpha value is -0.995. The molecule has 3 nitrogen and oxygen atoms in total. The fourth-order valence-electron chi connectivity index (χ4n) is 1.87. The van der Waals surface area contributed by atoms with Crippen molar-refractivity contribution in [1.29, 1.82) is 0 Å². The molecule has 14 heavy (non-hydrogen) atoms. The first-order valence-electron chi connectivity index (χ1n) is 4.73. The van der Waals surface area contributed by atoms with Crippen LogP contribution in [0.15, 0.2) is 24.3 Å². The smallest absolute Gasteiger partial charge is 0.455 e. The zero-order chi connectivity index (χ0) is 10.1. The van der Waals surface area contributed by atoms with Crippen LogP contribution < -0.4 is 4.74 Å². The largest absolute Gasteiger partial charge is 0.496 e. The van der Waals surface area contributed by atoms with Gasteiger partial charge in [-0.05, 0) is 24.0 Å². The normalized spacial score (nSPS) is 24.5. The Morgan fingerprint density at radius 3 is 2.64 bits per heavy atom. The van der Waals surface area contributed by atoms with Crippen molar-refractivity contribution in [3.63, 3.8) is 0 Å². The molecule has 0 bridgehead atoms. The number of benzene rings is 1. The molecule has 1 fully saturated rings. The predicted molar refractivity (Wildman–Crippen MR) is 54.3 cm³/mol. The van der Waals surface area contributed by atoms with Crippen molar-refractivity contribution in [2.75, 3.05) is 7.11 Å². The third-order valence-corrected chi connectivity index (χ3v) is 2.76. The van der Waals surface area contributed by atoms with Crippen LogP contribution in [0.4, 0.5) is 0 Å². The molecule has 0 radical (unpaired) electrons. The van der Waals surface area contributed by atoms with Crippen LogP contribution in [0.3, 0.4) is 0 Å². The zero-order valence-corrected chi connectivity index (χ0v) is 8.05. The van der Waals surface area contributed by atoms with Crippen LogP contribution in [0.2, 0.25) is 5.82 Å². The first kappa shape index (κ1) is 9.56. The van der Waals surface area contributed by atoms with Gasteiger partial charge in [0.1, 0.15) is 5.75 Å². The highest BCUT2D eigenvalue weighted by molar-refractivity contribution is 6.44. The van der Waals surface area contributed by atoms with E-state index in [1.165, 1.54) is 0 Å². The number of hydrogen-bond donors (Lipinski definition) is 2. The lowest BCUT2D eigenvalue weighted by atomic mass is 9.81. The second kappa shape index (κ2) is 3.63. The predicted octanol–water partition coefficient (Wildman–Crippen LogP) is 1.03. The molecule has 0 heterocycles. The lowest BCUT2D eigenvalue weighted by Gasteiger charge is -2.07. The van der Waals surface area contributed by atoms with E-state index >= 15 is 0 Å². The molecule has 0 spiro atoms. The molecule has 0 amide bonds. The summed E-state index contributed by atoms with van der Waals surface area (Å²) in [5.41, 5.74) is 1.08. The fraction of sp³-hybridized carbons (Fsp3) is 0.400. The van der Waals surface area contributed by atoms with Gasteiger partial charge in [0.05, 0.1) is 7.11 Å². The molecular weight excluding hydrogens is 179 g/mol. The van der Waals surface area contributed by atoms with Gasteiger partial charge >= 0.3 is 7.12 Å².